The number of nitrogens with one attached hydrogen (secondary N) is 1. The lowest BCUT2D eigenvalue weighted by Crippen LogP contribution is -2.55. The van der Waals surface area contributed by atoms with Crippen molar-refractivity contribution in [2.24, 2.45) is 5.92 Å². The summed E-state index contributed by atoms with van der Waals surface area (Å²) in [6.45, 7) is 2.49. The molecule has 3 atom stereocenters. The third-order valence-electron chi connectivity index (χ3n) is 8.28. The Morgan fingerprint density at radius 3 is 1.98 bits per heavy atom. The Morgan fingerprint density at radius 1 is 0.796 bits per heavy atom. The van der Waals surface area contributed by atoms with Gasteiger partial charge in [-0.15, -0.1) is 0 Å². The Labute approximate surface area is 288 Å². The first-order chi connectivity index (χ1) is 23.5. The fourth-order valence-corrected chi connectivity index (χ4v) is 5.39. The Morgan fingerprint density at radius 2 is 1.41 bits per heavy atom. The van der Waals surface area contributed by atoms with Gasteiger partial charge in [0.15, 0.2) is 5.60 Å². The molecular formula is C38H51NO10. The van der Waals surface area contributed by atoms with Crippen LogP contribution in [0.3, 0.4) is 0 Å². The van der Waals surface area contributed by atoms with E-state index in [-0.39, 0.29) is 12.2 Å². The van der Waals surface area contributed by atoms with Crippen LogP contribution in [0.15, 0.2) is 66.7 Å². The Bertz CT molecular complexity index is 1360. The number of carbonyl (C=O) groups excluding carboxylic acids is 2. The number of carbonyl (C=O) groups is 5. The number of Topliss-reactive ketones (excluding diaryl/α,β-unsaturated/α-hetero) is 1. The van der Waals surface area contributed by atoms with E-state index in [2.05, 4.69) is 12.2 Å². The molecule has 0 saturated carbocycles. The van der Waals surface area contributed by atoms with E-state index < -0.39 is 47.8 Å². The number of hydrogen-bond donors (Lipinski definition) is 5. The van der Waals surface area contributed by atoms with Crippen molar-refractivity contribution in [3.8, 4) is 5.75 Å². The molecule has 0 fully saturated rings. The average molecular weight is 682 g/mol. The Balaban J connectivity index is 1.98. The van der Waals surface area contributed by atoms with E-state index in [9.17, 15) is 44.4 Å². The van der Waals surface area contributed by atoms with Gasteiger partial charge in [0, 0.05) is 19.3 Å². The number of allylic oxidation sites excluding steroid dienone is 1. The zero-order chi connectivity index (χ0) is 36.1. The normalized spacial score (nSPS) is 13.7. The predicted molar refractivity (Wildman–Crippen MR) is 184 cm³/mol. The second-order valence-electron chi connectivity index (χ2n) is 12.4. The van der Waals surface area contributed by atoms with Crippen LogP contribution in [-0.4, -0.2) is 61.7 Å². The lowest BCUT2D eigenvalue weighted by atomic mass is 9.82. The first-order valence-electron chi connectivity index (χ1n) is 17.1. The summed E-state index contributed by atoms with van der Waals surface area (Å²) in [6.07, 6.45) is 11.2. The standard InChI is InChI=1S/C38H51NO10/c1-2-3-4-7-13-18-30(40)19-14-8-5-6-9-15-20-32(38(48,37(46)47)26-34(41)42)35(43)39-33(36(44)45)25-28-21-23-31(24-22-28)49-27-29-16-11-10-12-17-29/h10-12,15-17,20-24,32-33,48H,2-9,13-14,18-19,25-27H2,1H3,(H,39,43)(H,41,42)(H,44,45)(H,46,47)/b20-15+. The monoisotopic (exact) mass is 681 g/mol. The summed E-state index contributed by atoms with van der Waals surface area (Å²) in [4.78, 5) is 61.1. The largest absolute Gasteiger partial charge is 0.489 e. The van der Waals surface area contributed by atoms with Crippen LogP contribution >= 0.6 is 0 Å². The molecule has 0 aliphatic rings. The summed E-state index contributed by atoms with van der Waals surface area (Å²) in [5, 5.41) is 42.2. The molecule has 0 bridgehead atoms. The summed E-state index contributed by atoms with van der Waals surface area (Å²) in [5.74, 6) is -7.16. The highest BCUT2D eigenvalue weighted by Gasteiger charge is 2.49. The van der Waals surface area contributed by atoms with Crippen molar-refractivity contribution in [3.05, 3.63) is 77.9 Å². The van der Waals surface area contributed by atoms with E-state index in [1.807, 2.05) is 30.3 Å². The molecule has 268 valence electrons. The second-order valence-corrected chi connectivity index (χ2v) is 12.4. The van der Waals surface area contributed by atoms with Gasteiger partial charge in [-0.3, -0.25) is 14.4 Å². The van der Waals surface area contributed by atoms with Gasteiger partial charge >= 0.3 is 17.9 Å². The van der Waals surface area contributed by atoms with Crippen LogP contribution < -0.4 is 10.1 Å². The van der Waals surface area contributed by atoms with Gasteiger partial charge in [-0.2, -0.15) is 0 Å². The van der Waals surface area contributed by atoms with Gasteiger partial charge in [0.05, 0.1) is 12.3 Å². The maximum absolute atomic E-state index is 13.4. The smallest absolute Gasteiger partial charge is 0.337 e. The number of ether oxygens (including phenoxy) is 1. The quantitative estimate of drug-likeness (QED) is 0.0573. The van der Waals surface area contributed by atoms with Crippen LogP contribution in [0.2, 0.25) is 0 Å². The highest BCUT2D eigenvalue weighted by Crippen LogP contribution is 2.26. The lowest BCUT2D eigenvalue weighted by molar-refractivity contribution is -0.172. The summed E-state index contributed by atoms with van der Waals surface area (Å²) < 4.78 is 5.75. The Kier molecular flexibility index (Phi) is 18.4. The zero-order valence-corrected chi connectivity index (χ0v) is 28.4. The van der Waals surface area contributed by atoms with E-state index in [1.54, 1.807) is 24.3 Å². The fourth-order valence-electron chi connectivity index (χ4n) is 5.39. The minimum atomic E-state index is -3.02. The van der Waals surface area contributed by atoms with Gasteiger partial charge in [-0.25, -0.2) is 9.59 Å². The number of benzene rings is 2. The van der Waals surface area contributed by atoms with Gasteiger partial charge in [0.1, 0.15) is 24.2 Å². The van der Waals surface area contributed by atoms with Crippen molar-refractivity contribution in [2.75, 3.05) is 0 Å². The molecule has 11 heteroatoms. The first kappa shape index (κ1) is 40.7. The van der Waals surface area contributed by atoms with E-state index >= 15 is 0 Å². The van der Waals surface area contributed by atoms with Gasteiger partial charge in [0.2, 0.25) is 5.91 Å². The highest BCUT2D eigenvalue weighted by atomic mass is 16.5. The summed E-state index contributed by atoms with van der Waals surface area (Å²) in [5.41, 5.74) is -1.51. The van der Waals surface area contributed by atoms with Gasteiger partial charge in [-0.05, 0) is 48.9 Å². The van der Waals surface area contributed by atoms with Crippen LogP contribution in [0.25, 0.3) is 0 Å². The first-order valence-corrected chi connectivity index (χ1v) is 17.1. The second kappa shape index (κ2) is 22.2. The maximum Gasteiger partial charge on any atom is 0.337 e. The van der Waals surface area contributed by atoms with Crippen LogP contribution in [0.1, 0.15) is 102 Å². The van der Waals surface area contributed by atoms with Gasteiger partial charge < -0.3 is 30.5 Å². The molecular weight excluding hydrogens is 630 g/mol. The summed E-state index contributed by atoms with van der Waals surface area (Å²) in [7, 11) is 0. The van der Waals surface area contributed by atoms with E-state index in [1.165, 1.54) is 12.5 Å². The number of rotatable bonds is 26. The highest BCUT2D eigenvalue weighted by molar-refractivity contribution is 5.94. The van der Waals surface area contributed by atoms with Crippen LogP contribution in [-0.2, 0) is 37.0 Å². The third-order valence-corrected chi connectivity index (χ3v) is 8.28. The molecule has 2 rings (SSSR count). The van der Waals surface area contributed by atoms with Crippen molar-refractivity contribution in [2.45, 2.75) is 115 Å². The van der Waals surface area contributed by atoms with Gasteiger partial charge in [-0.1, -0.05) is 100 Å². The molecule has 2 aromatic rings. The summed E-state index contributed by atoms with van der Waals surface area (Å²) in [6, 6.07) is 14.6. The molecule has 0 spiro atoms. The number of unbranched alkanes of at least 4 members (excludes halogenated alkanes) is 8. The molecule has 0 aliphatic heterocycles. The van der Waals surface area contributed by atoms with E-state index in [4.69, 9.17) is 4.74 Å². The number of aliphatic carboxylic acids is 3. The Hall–Kier alpha value is -4.51. The molecule has 1 amide bonds. The molecule has 5 N–H and O–H groups in total. The molecule has 0 saturated heterocycles. The topological polar surface area (TPSA) is 188 Å². The van der Waals surface area contributed by atoms with Crippen LogP contribution in [0.5, 0.6) is 5.75 Å². The lowest BCUT2D eigenvalue weighted by Gasteiger charge is -2.29. The number of amides is 1. The fraction of sp³-hybridized carbons (Fsp3) is 0.500. The summed E-state index contributed by atoms with van der Waals surface area (Å²) >= 11 is 0. The van der Waals surface area contributed by atoms with E-state index in [0.29, 0.717) is 43.6 Å². The maximum atomic E-state index is 13.4. The predicted octanol–water partition coefficient (Wildman–Crippen LogP) is 6.11. The van der Waals surface area contributed by atoms with E-state index in [0.717, 1.165) is 56.6 Å². The number of hydrogen-bond acceptors (Lipinski definition) is 7. The van der Waals surface area contributed by atoms with Crippen molar-refractivity contribution in [1.82, 2.24) is 5.32 Å². The molecule has 0 aliphatic carbocycles. The number of ketones is 1. The zero-order valence-electron chi connectivity index (χ0n) is 28.4. The molecule has 0 radical (unpaired) electrons. The number of carboxylic acid groups (broad SMARTS) is 3. The third kappa shape index (κ3) is 15.5. The molecule has 49 heavy (non-hydrogen) atoms. The molecule has 3 unspecified atom stereocenters. The van der Waals surface area contributed by atoms with Crippen LogP contribution in [0, 0.1) is 5.92 Å². The van der Waals surface area contributed by atoms with Crippen molar-refractivity contribution in [1.29, 1.82) is 0 Å². The van der Waals surface area contributed by atoms with Crippen molar-refractivity contribution < 1.29 is 49.1 Å². The van der Waals surface area contributed by atoms with Crippen molar-refractivity contribution >= 4 is 29.6 Å². The molecule has 0 heterocycles. The van der Waals surface area contributed by atoms with Crippen molar-refractivity contribution in [3.63, 3.8) is 0 Å². The molecule has 11 nitrogen and oxygen atoms in total. The number of carboxylic acids is 3. The van der Waals surface area contributed by atoms with Crippen LogP contribution in [0.4, 0.5) is 0 Å². The number of aliphatic hydroxyl groups is 1. The molecule has 0 aromatic heterocycles. The average Bonchev–Trinajstić information content (AvgIpc) is 3.06. The minimum Gasteiger partial charge on any atom is -0.489 e. The van der Waals surface area contributed by atoms with Gasteiger partial charge in [0.25, 0.3) is 0 Å². The molecule has 2 aromatic carbocycles. The minimum absolute atomic E-state index is 0.164. The SMILES string of the molecule is CCCCCCCC(=O)CCCCCC/C=C/C(C(=O)NC(Cc1ccc(OCc2ccccc2)cc1)C(=O)O)C(O)(CC(=O)O)C(=O)O.